The molecule has 0 aromatic heterocycles. The third kappa shape index (κ3) is 4.94. The maximum absolute atomic E-state index is 2.20. The zero-order chi connectivity index (χ0) is 15.8. The third-order valence-electron chi connectivity index (χ3n) is 5.62. The average molecular weight is 357 g/mol. The van der Waals surface area contributed by atoms with E-state index in [9.17, 15) is 0 Å². The van der Waals surface area contributed by atoms with E-state index in [4.69, 9.17) is 0 Å². The largest absolute Gasteiger partial charge is 4.00 e. The van der Waals surface area contributed by atoms with Gasteiger partial charge in [-0.25, -0.2) is 0 Å². The Labute approximate surface area is 159 Å². The fourth-order valence-corrected chi connectivity index (χ4v) is 2.81. The first-order valence-electron chi connectivity index (χ1n) is 7.50. The van der Waals surface area contributed by atoms with Gasteiger partial charge in [-0.05, 0) is 59.2 Å². The fourth-order valence-electron chi connectivity index (χ4n) is 2.81. The number of halogens is 1. The summed E-state index contributed by atoms with van der Waals surface area (Å²) in [6.07, 6.45) is 0. The molecular formula is C20H30ClV+3. The van der Waals surface area contributed by atoms with Gasteiger partial charge in [0.15, 0.2) is 0 Å². The van der Waals surface area contributed by atoms with Crippen LogP contribution in [0.1, 0.15) is 69.2 Å². The van der Waals surface area contributed by atoms with E-state index in [1.165, 1.54) is 59.2 Å². The summed E-state index contributed by atoms with van der Waals surface area (Å²) >= 11 is 0. The van der Waals surface area contributed by atoms with Gasteiger partial charge in [0.1, 0.15) is 0 Å². The van der Waals surface area contributed by atoms with Crippen LogP contribution in [0, 0.1) is 59.2 Å². The van der Waals surface area contributed by atoms with Crippen molar-refractivity contribution in [1.29, 1.82) is 0 Å². The second kappa shape index (κ2) is 10.00. The van der Waals surface area contributed by atoms with Gasteiger partial charge in [0.2, 0.25) is 0 Å². The van der Waals surface area contributed by atoms with E-state index in [1.54, 1.807) is 0 Å². The Bertz CT molecular complexity index is 186. The Morgan fingerprint density at radius 2 is 0.318 bits per heavy atom. The molecule has 0 unspecified atom stereocenters. The molecule has 0 aromatic carbocycles. The van der Waals surface area contributed by atoms with Gasteiger partial charge in [0.25, 0.3) is 0 Å². The maximum Gasteiger partial charge on any atom is 4.00 e. The predicted octanol–water partition coefficient (Wildman–Crippen LogP) is 2.95. The van der Waals surface area contributed by atoms with E-state index >= 15 is 0 Å². The monoisotopic (exact) mass is 356 g/mol. The van der Waals surface area contributed by atoms with Gasteiger partial charge in [-0.15, -0.1) is 0 Å². The van der Waals surface area contributed by atoms with Crippen LogP contribution in [0.15, 0.2) is 0 Å². The van der Waals surface area contributed by atoms with Gasteiger partial charge in [-0.3, -0.25) is 0 Å². The van der Waals surface area contributed by atoms with Crippen molar-refractivity contribution in [2.75, 3.05) is 0 Å². The molecule has 2 heteroatoms. The Morgan fingerprint density at radius 1 is 0.273 bits per heavy atom. The van der Waals surface area contributed by atoms with Crippen LogP contribution in [-0.4, -0.2) is 0 Å². The summed E-state index contributed by atoms with van der Waals surface area (Å²) in [7, 11) is 0. The summed E-state index contributed by atoms with van der Waals surface area (Å²) in [5, 5.41) is 0. The van der Waals surface area contributed by atoms with Crippen molar-refractivity contribution < 1.29 is 31.0 Å². The first-order valence-corrected chi connectivity index (χ1v) is 7.50. The summed E-state index contributed by atoms with van der Waals surface area (Å²) in [6.45, 7) is 22.0. The van der Waals surface area contributed by atoms with Gasteiger partial charge in [0, 0.05) is 0 Å². The molecular weight excluding hydrogens is 327 g/mol. The van der Waals surface area contributed by atoms with Gasteiger partial charge in [-0.2, -0.15) is 0 Å². The van der Waals surface area contributed by atoms with Gasteiger partial charge in [0.05, 0.1) is 0 Å². The number of hydrogen-bond donors (Lipinski definition) is 0. The minimum Gasteiger partial charge on any atom is -1.00 e. The SMILES string of the molecule is C[C]1[C](C)[C](C)[C](C)[C]1C.C[C]1[C](C)[C](C)[C](C)[C]1C.[Cl-].[V+4]. The topological polar surface area (TPSA) is 0 Å². The van der Waals surface area contributed by atoms with Crippen LogP contribution in [0.5, 0.6) is 0 Å². The molecule has 0 aromatic rings. The molecule has 22 heavy (non-hydrogen) atoms. The molecule has 0 aliphatic heterocycles. The number of rotatable bonds is 0. The molecule has 0 heterocycles. The van der Waals surface area contributed by atoms with Crippen LogP contribution in [0.2, 0.25) is 0 Å². The van der Waals surface area contributed by atoms with Crippen LogP contribution in [-0.2, 0) is 18.6 Å². The van der Waals surface area contributed by atoms with E-state index in [0.717, 1.165) is 0 Å². The number of hydrogen-bond acceptors (Lipinski definition) is 0. The van der Waals surface area contributed by atoms with Gasteiger partial charge < -0.3 is 12.4 Å². The summed E-state index contributed by atoms with van der Waals surface area (Å²) < 4.78 is 0. The molecule has 0 saturated heterocycles. The molecule has 0 atom stereocenters. The maximum atomic E-state index is 2.20. The zero-order valence-corrected chi connectivity index (χ0v) is 18.0. The van der Waals surface area contributed by atoms with Crippen LogP contribution >= 0.6 is 0 Å². The van der Waals surface area contributed by atoms with E-state index in [-0.39, 0.29) is 31.0 Å². The minimum absolute atomic E-state index is 0. The molecule has 119 valence electrons. The van der Waals surface area contributed by atoms with Crippen molar-refractivity contribution in [2.45, 2.75) is 69.2 Å². The Kier molecular flexibility index (Phi) is 11.4. The molecule has 11 radical (unpaired) electrons. The Morgan fingerprint density at radius 3 is 0.364 bits per heavy atom. The van der Waals surface area contributed by atoms with Crippen LogP contribution in [0.3, 0.4) is 0 Å². The normalized spacial score (nSPS) is 25.9. The van der Waals surface area contributed by atoms with Crippen molar-refractivity contribution in [3.8, 4) is 0 Å². The van der Waals surface area contributed by atoms with E-state index in [0.29, 0.717) is 0 Å². The Balaban J connectivity index is 0. The molecule has 2 fully saturated rings. The molecule has 0 nitrogen and oxygen atoms in total. The van der Waals surface area contributed by atoms with Crippen molar-refractivity contribution in [1.82, 2.24) is 0 Å². The molecule has 2 saturated carbocycles. The summed E-state index contributed by atoms with van der Waals surface area (Å²) in [6, 6.07) is 0. The molecule has 2 rings (SSSR count). The van der Waals surface area contributed by atoms with Crippen LogP contribution < -0.4 is 12.4 Å². The molecule has 2 aliphatic carbocycles. The van der Waals surface area contributed by atoms with Crippen molar-refractivity contribution >= 4 is 0 Å². The van der Waals surface area contributed by atoms with E-state index in [1.807, 2.05) is 0 Å². The molecule has 2 aliphatic rings. The smallest absolute Gasteiger partial charge is 1.00 e. The third-order valence-corrected chi connectivity index (χ3v) is 5.62. The Hall–Kier alpha value is 0.874. The van der Waals surface area contributed by atoms with E-state index < -0.39 is 0 Å². The quantitative estimate of drug-likeness (QED) is 0.626. The first kappa shape index (κ1) is 25.1. The van der Waals surface area contributed by atoms with Crippen LogP contribution in [0.4, 0.5) is 0 Å². The fraction of sp³-hybridized carbons (Fsp3) is 0.500. The molecule has 0 N–H and O–H groups in total. The molecule has 0 bridgehead atoms. The minimum atomic E-state index is 0. The van der Waals surface area contributed by atoms with Crippen molar-refractivity contribution in [3.05, 3.63) is 59.2 Å². The van der Waals surface area contributed by atoms with Gasteiger partial charge >= 0.3 is 18.6 Å². The van der Waals surface area contributed by atoms with Crippen LogP contribution in [0.25, 0.3) is 0 Å². The van der Waals surface area contributed by atoms with E-state index in [2.05, 4.69) is 69.2 Å². The summed E-state index contributed by atoms with van der Waals surface area (Å²) in [5.74, 6) is 14.7. The standard InChI is InChI=1S/2C10H15.ClH.V/c2*1-6-7(2)9(4)10(5)8(6)3;;/h2*1-5H3;1H;/q;;;+4/p-1. The predicted molar refractivity (Wildman–Crippen MR) is 89.2 cm³/mol. The molecule has 0 spiro atoms. The summed E-state index contributed by atoms with van der Waals surface area (Å²) in [4.78, 5) is 0. The zero-order valence-electron chi connectivity index (χ0n) is 15.8. The van der Waals surface area contributed by atoms with Crippen molar-refractivity contribution in [3.63, 3.8) is 0 Å². The second-order valence-electron chi connectivity index (χ2n) is 6.25. The second-order valence-corrected chi connectivity index (χ2v) is 6.25. The van der Waals surface area contributed by atoms with Gasteiger partial charge in [-0.1, -0.05) is 69.2 Å². The first-order chi connectivity index (χ1) is 9.11. The van der Waals surface area contributed by atoms with Crippen molar-refractivity contribution in [2.24, 2.45) is 0 Å². The molecule has 0 amide bonds. The summed E-state index contributed by atoms with van der Waals surface area (Å²) in [5.41, 5.74) is 0. The average Bonchev–Trinajstić information content (AvgIpc) is 2.71.